The van der Waals surface area contributed by atoms with Crippen LogP contribution in [0.4, 0.5) is 0 Å². The third kappa shape index (κ3) is 1.05. The van der Waals surface area contributed by atoms with Crippen LogP contribution in [0, 0.1) is 5.41 Å². The van der Waals surface area contributed by atoms with Gasteiger partial charge in [-0.25, -0.2) is 9.97 Å². The van der Waals surface area contributed by atoms with Gasteiger partial charge in [-0.05, 0) is 30.4 Å². The molecule has 0 aliphatic heterocycles. The molecular weight excluding hydrogens is 248 g/mol. The molecule has 1 saturated carbocycles. The van der Waals surface area contributed by atoms with Crippen molar-refractivity contribution in [1.29, 1.82) is 0 Å². The number of fused-ring (bicyclic) bond motifs is 6. The zero-order chi connectivity index (χ0) is 14.2. The number of hydrogen-bond acceptors (Lipinski definition) is 3. The number of aliphatic hydroxyl groups excluding tert-OH is 1. The van der Waals surface area contributed by atoms with Gasteiger partial charge in [0.2, 0.25) is 0 Å². The maximum atomic E-state index is 10.1. The first-order valence-electron chi connectivity index (χ1n) is 7.35. The third-order valence-corrected chi connectivity index (χ3v) is 6.44. The quantitative estimate of drug-likeness (QED) is 0.865. The Morgan fingerprint density at radius 2 is 1.60 bits per heavy atom. The van der Waals surface area contributed by atoms with Crippen molar-refractivity contribution < 1.29 is 5.11 Å². The van der Waals surface area contributed by atoms with E-state index in [-0.39, 0.29) is 22.9 Å². The molecule has 3 heteroatoms. The van der Waals surface area contributed by atoms with Gasteiger partial charge in [0.05, 0.1) is 29.0 Å². The van der Waals surface area contributed by atoms with Crippen LogP contribution < -0.4 is 0 Å². The van der Waals surface area contributed by atoms with Gasteiger partial charge in [0, 0.05) is 10.8 Å². The lowest BCUT2D eigenvalue weighted by molar-refractivity contribution is 0.0863. The van der Waals surface area contributed by atoms with E-state index in [1.54, 1.807) is 0 Å². The molecule has 3 nitrogen and oxygen atoms in total. The number of aliphatic hydroxyl groups is 1. The molecule has 2 aliphatic carbocycles. The smallest absolute Gasteiger partial charge is 0.0890 e. The summed E-state index contributed by atoms with van der Waals surface area (Å²) in [7, 11) is 0. The molecule has 0 unspecified atom stereocenters. The Morgan fingerprint density at radius 3 is 2.20 bits per heavy atom. The largest absolute Gasteiger partial charge is 0.395 e. The Kier molecular flexibility index (Phi) is 2.08. The zero-order valence-electron chi connectivity index (χ0n) is 12.3. The molecule has 1 fully saturated rings. The predicted octanol–water partition coefficient (Wildman–Crippen LogP) is 2.95. The standard InChI is InChI=1S/C17H20N2O/c1-15(2)16(3)8-9-17(15,10-20)14-13(16)18-11-6-4-5-7-12(11)19-14/h4-7,20H,8-10H2,1-3H3/t16-,17-/m1/s1. The van der Waals surface area contributed by atoms with E-state index in [0.717, 1.165) is 35.3 Å². The number of rotatable bonds is 1. The molecule has 104 valence electrons. The summed E-state index contributed by atoms with van der Waals surface area (Å²) in [5.74, 6) is 0. The SMILES string of the molecule is CC1(C)[C@@]2(CO)CC[C@]1(C)c1nc3ccccc3nc12. The van der Waals surface area contributed by atoms with E-state index < -0.39 is 0 Å². The van der Waals surface area contributed by atoms with Gasteiger partial charge < -0.3 is 5.11 Å². The highest BCUT2D eigenvalue weighted by Gasteiger charge is 2.69. The maximum absolute atomic E-state index is 10.1. The van der Waals surface area contributed by atoms with E-state index in [1.165, 1.54) is 0 Å². The van der Waals surface area contributed by atoms with Crippen LogP contribution in [0.3, 0.4) is 0 Å². The highest BCUT2D eigenvalue weighted by Crippen LogP contribution is 2.69. The Morgan fingerprint density at radius 1 is 1.00 bits per heavy atom. The number of para-hydroxylation sites is 2. The van der Waals surface area contributed by atoms with Crippen LogP contribution >= 0.6 is 0 Å². The number of nitrogens with zero attached hydrogens (tertiary/aromatic N) is 2. The van der Waals surface area contributed by atoms with Crippen molar-refractivity contribution in [3.8, 4) is 0 Å². The lowest BCUT2D eigenvalue weighted by Crippen LogP contribution is -2.42. The first-order valence-corrected chi connectivity index (χ1v) is 7.35. The highest BCUT2D eigenvalue weighted by atomic mass is 16.3. The van der Waals surface area contributed by atoms with Crippen LogP contribution in [0.5, 0.6) is 0 Å². The minimum atomic E-state index is -0.228. The van der Waals surface area contributed by atoms with Crippen LogP contribution in [0.1, 0.15) is 45.0 Å². The van der Waals surface area contributed by atoms with Crippen molar-refractivity contribution in [2.24, 2.45) is 5.41 Å². The number of hydrogen-bond donors (Lipinski definition) is 1. The van der Waals surface area contributed by atoms with E-state index >= 15 is 0 Å². The second-order valence-corrected chi connectivity index (χ2v) is 7.11. The van der Waals surface area contributed by atoms with E-state index in [4.69, 9.17) is 9.97 Å². The summed E-state index contributed by atoms with van der Waals surface area (Å²) in [5, 5.41) is 10.1. The first kappa shape index (κ1) is 12.3. The van der Waals surface area contributed by atoms with Gasteiger partial charge >= 0.3 is 0 Å². The molecule has 2 aromatic rings. The fourth-order valence-electron chi connectivity index (χ4n) is 4.52. The Balaban J connectivity index is 2.12. The molecule has 1 aromatic carbocycles. The van der Waals surface area contributed by atoms with E-state index in [1.807, 2.05) is 24.3 Å². The van der Waals surface area contributed by atoms with E-state index in [0.29, 0.717) is 0 Å². The second-order valence-electron chi connectivity index (χ2n) is 7.11. The van der Waals surface area contributed by atoms with Crippen molar-refractivity contribution in [3.05, 3.63) is 35.7 Å². The summed E-state index contributed by atoms with van der Waals surface area (Å²) in [6.07, 6.45) is 2.09. The maximum Gasteiger partial charge on any atom is 0.0890 e. The van der Waals surface area contributed by atoms with Gasteiger partial charge in [-0.2, -0.15) is 0 Å². The van der Waals surface area contributed by atoms with Gasteiger partial charge in [0.1, 0.15) is 0 Å². The fourth-order valence-corrected chi connectivity index (χ4v) is 4.52. The summed E-state index contributed by atoms with van der Waals surface area (Å²) in [6, 6.07) is 8.03. The normalized spacial score (nSPS) is 33.6. The van der Waals surface area contributed by atoms with Gasteiger partial charge in [0.15, 0.2) is 0 Å². The third-order valence-electron chi connectivity index (χ3n) is 6.44. The lowest BCUT2D eigenvalue weighted by atomic mass is 9.64. The monoisotopic (exact) mass is 268 g/mol. The number of aromatic nitrogens is 2. The molecule has 4 rings (SSSR count). The molecule has 2 atom stereocenters. The summed E-state index contributed by atoms with van der Waals surface area (Å²) in [4.78, 5) is 9.82. The molecule has 2 bridgehead atoms. The van der Waals surface area contributed by atoms with Crippen molar-refractivity contribution in [2.45, 2.75) is 44.4 Å². The summed E-state index contributed by atoms with van der Waals surface area (Å²) < 4.78 is 0. The topological polar surface area (TPSA) is 46.0 Å². The molecule has 0 saturated heterocycles. The van der Waals surface area contributed by atoms with Crippen LogP contribution in [0.25, 0.3) is 11.0 Å². The van der Waals surface area contributed by atoms with E-state index in [2.05, 4.69) is 20.8 Å². The summed E-state index contributed by atoms with van der Waals surface area (Å²) >= 11 is 0. The van der Waals surface area contributed by atoms with Crippen LogP contribution in [-0.4, -0.2) is 21.7 Å². The Hall–Kier alpha value is -1.48. The molecular formula is C17H20N2O. The van der Waals surface area contributed by atoms with Crippen LogP contribution in [0.15, 0.2) is 24.3 Å². The molecule has 2 aliphatic rings. The molecule has 1 N–H and O–H groups in total. The minimum Gasteiger partial charge on any atom is -0.395 e. The minimum absolute atomic E-state index is 0.00550. The van der Waals surface area contributed by atoms with Crippen molar-refractivity contribution in [3.63, 3.8) is 0 Å². The van der Waals surface area contributed by atoms with Gasteiger partial charge in [-0.1, -0.05) is 32.9 Å². The average Bonchev–Trinajstić information content (AvgIpc) is 2.74. The first-order chi connectivity index (χ1) is 9.46. The van der Waals surface area contributed by atoms with E-state index in [9.17, 15) is 5.11 Å². The van der Waals surface area contributed by atoms with Gasteiger partial charge in [-0.3, -0.25) is 0 Å². The molecule has 0 amide bonds. The molecule has 1 aromatic heterocycles. The molecule has 0 spiro atoms. The molecule has 0 radical (unpaired) electrons. The lowest BCUT2D eigenvalue weighted by Gasteiger charge is -2.39. The van der Waals surface area contributed by atoms with Crippen LogP contribution in [-0.2, 0) is 10.8 Å². The highest BCUT2D eigenvalue weighted by molar-refractivity contribution is 5.75. The predicted molar refractivity (Wildman–Crippen MR) is 78.7 cm³/mol. The average molecular weight is 268 g/mol. The zero-order valence-corrected chi connectivity index (χ0v) is 12.3. The summed E-state index contributed by atoms with van der Waals surface area (Å²) in [6.45, 7) is 6.99. The fraction of sp³-hybridized carbons (Fsp3) is 0.529. The van der Waals surface area contributed by atoms with Gasteiger partial charge in [0.25, 0.3) is 0 Å². The van der Waals surface area contributed by atoms with Crippen LogP contribution in [0.2, 0.25) is 0 Å². The second kappa shape index (κ2) is 3.40. The molecule has 1 heterocycles. The van der Waals surface area contributed by atoms with Crippen molar-refractivity contribution >= 4 is 11.0 Å². The Bertz CT molecular complexity index is 724. The van der Waals surface area contributed by atoms with Crippen molar-refractivity contribution in [2.75, 3.05) is 6.61 Å². The summed E-state index contributed by atoms with van der Waals surface area (Å²) in [5.41, 5.74) is 3.83. The number of benzene rings is 1. The van der Waals surface area contributed by atoms with Gasteiger partial charge in [-0.15, -0.1) is 0 Å². The molecule has 20 heavy (non-hydrogen) atoms. The van der Waals surface area contributed by atoms with Crippen molar-refractivity contribution in [1.82, 2.24) is 9.97 Å². The Labute approximate surface area is 119 Å².